The number of aromatic nitrogens is 2. The lowest BCUT2D eigenvalue weighted by molar-refractivity contribution is 0.490. The lowest BCUT2D eigenvalue weighted by atomic mass is 10.0. The van der Waals surface area contributed by atoms with Crippen LogP contribution in [0.2, 0.25) is 0 Å². The van der Waals surface area contributed by atoms with Crippen LogP contribution in [0.3, 0.4) is 0 Å². The van der Waals surface area contributed by atoms with E-state index in [0.29, 0.717) is 0 Å². The Kier molecular flexibility index (Phi) is 3.41. The highest BCUT2D eigenvalue weighted by atomic mass is 15.2. The summed E-state index contributed by atoms with van der Waals surface area (Å²) >= 11 is 0. The molecule has 0 amide bonds. The van der Waals surface area contributed by atoms with Crippen molar-refractivity contribution in [2.45, 2.75) is 32.7 Å². The molecule has 0 aliphatic heterocycles. The number of nitrogens with zero attached hydrogens (tertiary/aromatic N) is 2. The van der Waals surface area contributed by atoms with Crippen molar-refractivity contribution in [3.05, 3.63) is 17.8 Å². The van der Waals surface area contributed by atoms with Gasteiger partial charge in [-0.3, -0.25) is 0 Å². The molecule has 0 spiro atoms. The van der Waals surface area contributed by atoms with Gasteiger partial charge in [-0.05, 0) is 39.3 Å². The lowest BCUT2D eigenvalue weighted by Crippen LogP contribution is -2.34. The van der Waals surface area contributed by atoms with Gasteiger partial charge in [0.15, 0.2) is 0 Å². The summed E-state index contributed by atoms with van der Waals surface area (Å²) in [5.74, 6) is 0.805. The van der Waals surface area contributed by atoms with Crippen molar-refractivity contribution in [2.75, 3.05) is 11.9 Å². The Hall–Kier alpha value is -1.16. The minimum absolute atomic E-state index is 0.134. The third kappa shape index (κ3) is 4.18. The Balaban J connectivity index is 2.35. The number of nitrogens with one attached hydrogen (secondary N) is 1. The van der Waals surface area contributed by atoms with Crippen LogP contribution in [0.4, 0.5) is 5.82 Å². The monoisotopic (exact) mass is 194 g/mol. The first-order chi connectivity index (χ1) is 6.47. The van der Waals surface area contributed by atoms with Gasteiger partial charge in [0, 0.05) is 12.1 Å². The molecule has 0 atom stereocenters. The van der Waals surface area contributed by atoms with E-state index >= 15 is 0 Å². The molecule has 4 heteroatoms. The number of nitrogens with two attached hydrogens (primary N) is 1. The van der Waals surface area contributed by atoms with Crippen LogP contribution in [0.15, 0.2) is 12.1 Å². The van der Waals surface area contributed by atoms with Crippen molar-refractivity contribution < 1.29 is 0 Å². The van der Waals surface area contributed by atoms with Gasteiger partial charge in [-0.2, -0.15) is 5.10 Å². The molecule has 0 radical (unpaired) electrons. The predicted molar refractivity (Wildman–Crippen MR) is 58.1 cm³/mol. The van der Waals surface area contributed by atoms with Gasteiger partial charge in [-0.15, -0.1) is 5.10 Å². The van der Waals surface area contributed by atoms with Gasteiger partial charge in [0.25, 0.3) is 0 Å². The summed E-state index contributed by atoms with van der Waals surface area (Å²) in [6, 6.07) is 3.86. The maximum Gasteiger partial charge on any atom is 0.148 e. The number of hydrogen-bond donors (Lipinski definition) is 2. The Bertz CT molecular complexity index is 273. The third-order valence-corrected chi connectivity index (χ3v) is 1.87. The maximum atomic E-state index is 5.85. The number of anilines is 1. The summed E-state index contributed by atoms with van der Waals surface area (Å²) < 4.78 is 0. The van der Waals surface area contributed by atoms with Gasteiger partial charge >= 0.3 is 0 Å². The van der Waals surface area contributed by atoms with Crippen LogP contribution in [-0.4, -0.2) is 22.3 Å². The molecule has 3 N–H and O–H groups in total. The molecule has 1 heterocycles. The molecule has 1 aromatic rings. The third-order valence-electron chi connectivity index (χ3n) is 1.87. The van der Waals surface area contributed by atoms with Gasteiger partial charge in [0.2, 0.25) is 0 Å². The molecule has 0 aliphatic carbocycles. The van der Waals surface area contributed by atoms with Crippen molar-refractivity contribution in [1.82, 2.24) is 10.2 Å². The summed E-state index contributed by atoms with van der Waals surface area (Å²) in [5.41, 5.74) is 6.64. The van der Waals surface area contributed by atoms with E-state index in [1.54, 1.807) is 0 Å². The second kappa shape index (κ2) is 4.37. The molecular weight excluding hydrogens is 176 g/mol. The first-order valence-electron chi connectivity index (χ1n) is 4.80. The van der Waals surface area contributed by atoms with Crippen molar-refractivity contribution in [2.24, 2.45) is 5.73 Å². The van der Waals surface area contributed by atoms with Crippen LogP contribution >= 0.6 is 0 Å². The summed E-state index contributed by atoms with van der Waals surface area (Å²) in [4.78, 5) is 0. The zero-order chi connectivity index (χ0) is 10.6. The van der Waals surface area contributed by atoms with E-state index in [1.807, 2.05) is 32.9 Å². The standard InChI is InChI=1S/C10H18N4/c1-8-4-5-9(14-13-8)12-7-6-10(2,3)11/h4-5H,6-7,11H2,1-3H3,(H,12,14). The van der Waals surface area contributed by atoms with Crippen LogP contribution in [0, 0.1) is 6.92 Å². The molecule has 0 bridgehead atoms. The summed E-state index contributed by atoms with van der Waals surface area (Å²) in [5, 5.41) is 11.1. The van der Waals surface area contributed by atoms with Gasteiger partial charge in [0.1, 0.15) is 5.82 Å². The van der Waals surface area contributed by atoms with Gasteiger partial charge in [-0.1, -0.05) is 0 Å². The average molecular weight is 194 g/mol. The van der Waals surface area contributed by atoms with Gasteiger partial charge in [-0.25, -0.2) is 0 Å². The summed E-state index contributed by atoms with van der Waals surface area (Å²) in [6.45, 7) is 6.76. The van der Waals surface area contributed by atoms with Crippen LogP contribution in [0.25, 0.3) is 0 Å². The Morgan fingerprint density at radius 3 is 2.57 bits per heavy atom. The fourth-order valence-electron chi connectivity index (χ4n) is 1.01. The first-order valence-corrected chi connectivity index (χ1v) is 4.80. The van der Waals surface area contributed by atoms with Gasteiger partial charge in [0.05, 0.1) is 5.69 Å². The first kappa shape index (κ1) is 10.9. The highest BCUT2D eigenvalue weighted by Crippen LogP contribution is 2.05. The molecule has 0 aromatic carbocycles. The van der Waals surface area contributed by atoms with Crippen LogP contribution in [0.5, 0.6) is 0 Å². The highest BCUT2D eigenvalue weighted by Gasteiger charge is 2.09. The van der Waals surface area contributed by atoms with E-state index < -0.39 is 0 Å². The average Bonchev–Trinajstić information content (AvgIpc) is 2.06. The van der Waals surface area contributed by atoms with Crippen molar-refractivity contribution in [3.63, 3.8) is 0 Å². The normalized spacial score (nSPS) is 11.4. The van der Waals surface area contributed by atoms with E-state index in [2.05, 4.69) is 15.5 Å². The second-order valence-corrected chi connectivity index (χ2v) is 4.23. The lowest BCUT2D eigenvalue weighted by Gasteiger charge is -2.18. The molecule has 1 aromatic heterocycles. The zero-order valence-corrected chi connectivity index (χ0v) is 9.04. The molecule has 0 aliphatic rings. The minimum Gasteiger partial charge on any atom is -0.369 e. The molecule has 0 unspecified atom stereocenters. The van der Waals surface area contributed by atoms with Crippen LogP contribution in [0.1, 0.15) is 26.0 Å². The maximum absolute atomic E-state index is 5.85. The molecule has 1 rings (SSSR count). The van der Waals surface area contributed by atoms with Crippen molar-refractivity contribution in [1.29, 1.82) is 0 Å². The Morgan fingerprint density at radius 1 is 1.36 bits per heavy atom. The van der Waals surface area contributed by atoms with Gasteiger partial charge < -0.3 is 11.1 Å². The Morgan fingerprint density at radius 2 is 2.07 bits per heavy atom. The van der Waals surface area contributed by atoms with E-state index in [9.17, 15) is 0 Å². The molecule has 0 fully saturated rings. The molecule has 78 valence electrons. The summed E-state index contributed by atoms with van der Waals surface area (Å²) in [7, 11) is 0. The van der Waals surface area contributed by atoms with E-state index in [0.717, 1.165) is 24.5 Å². The molecule has 0 saturated carbocycles. The van der Waals surface area contributed by atoms with E-state index in [1.165, 1.54) is 0 Å². The molecule has 0 saturated heterocycles. The highest BCUT2D eigenvalue weighted by molar-refractivity contribution is 5.32. The fourth-order valence-corrected chi connectivity index (χ4v) is 1.01. The summed E-state index contributed by atoms with van der Waals surface area (Å²) in [6.07, 6.45) is 0.905. The Labute approximate surface area is 84.9 Å². The quantitative estimate of drug-likeness (QED) is 0.759. The smallest absolute Gasteiger partial charge is 0.148 e. The van der Waals surface area contributed by atoms with E-state index in [4.69, 9.17) is 5.73 Å². The number of aryl methyl sites for hydroxylation is 1. The fraction of sp³-hybridized carbons (Fsp3) is 0.600. The molecular formula is C10H18N4. The second-order valence-electron chi connectivity index (χ2n) is 4.23. The topological polar surface area (TPSA) is 63.8 Å². The minimum atomic E-state index is -0.134. The predicted octanol–water partition coefficient (Wildman–Crippen LogP) is 1.32. The largest absolute Gasteiger partial charge is 0.369 e. The number of rotatable bonds is 4. The molecule has 14 heavy (non-hydrogen) atoms. The SMILES string of the molecule is Cc1ccc(NCCC(C)(C)N)nn1. The van der Waals surface area contributed by atoms with Crippen molar-refractivity contribution >= 4 is 5.82 Å². The van der Waals surface area contributed by atoms with E-state index in [-0.39, 0.29) is 5.54 Å². The number of hydrogen-bond acceptors (Lipinski definition) is 4. The molecule has 4 nitrogen and oxygen atoms in total. The van der Waals surface area contributed by atoms with Crippen molar-refractivity contribution in [3.8, 4) is 0 Å². The zero-order valence-electron chi connectivity index (χ0n) is 9.04. The van der Waals surface area contributed by atoms with Crippen LogP contribution < -0.4 is 11.1 Å². The van der Waals surface area contributed by atoms with Crippen LogP contribution in [-0.2, 0) is 0 Å².